The van der Waals surface area contributed by atoms with Crippen LogP contribution in [-0.4, -0.2) is 36.4 Å². The van der Waals surface area contributed by atoms with E-state index >= 15 is 0 Å². The highest BCUT2D eigenvalue weighted by atomic mass is 16.1. The summed E-state index contributed by atoms with van der Waals surface area (Å²) in [6.07, 6.45) is 5.48. The molecule has 140 valence electrons. The minimum Gasteiger partial charge on any atom is -0.358 e. The smallest absolute Gasteiger partial charge is 0.254 e. The molecule has 1 aliphatic heterocycles. The second-order valence-corrected chi connectivity index (χ2v) is 7.20. The maximum atomic E-state index is 12.6. The number of nitrogens with one attached hydrogen (secondary N) is 2. The molecule has 1 aromatic carbocycles. The number of para-hydroxylation sites is 1. The van der Waals surface area contributed by atoms with E-state index in [2.05, 4.69) is 50.0 Å². The zero-order chi connectivity index (χ0) is 19.1. The number of aryl methyl sites for hydroxylation is 1. The van der Waals surface area contributed by atoms with Gasteiger partial charge in [-0.25, -0.2) is 15.0 Å². The molecule has 0 saturated heterocycles. The summed E-state index contributed by atoms with van der Waals surface area (Å²) in [7, 11) is 0. The minimum absolute atomic E-state index is 0.0632. The average Bonchev–Trinajstić information content (AvgIpc) is 3.03. The zero-order valence-electron chi connectivity index (χ0n) is 15.6. The van der Waals surface area contributed by atoms with Gasteiger partial charge in [-0.1, -0.05) is 18.2 Å². The van der Waals surface area contributed by atoms with Gasteiger partial charge in [0.2, 0.25) is 0 Å². The van der Waals surface area contributed by atoms with Crippen molar-refractivity contribution in [1.82, 2.24) is 29.8 Å². The predicted octanol–water partition coefficient (Wildman–Crippen LogP) is 2.57. The van der Waals surface area contributed by atoms with E-state index in [0.29, 0.717) is 24.4 Å². The highest BCUT2D eigenvalue weighted by Crippen LogP contribution is 2.25. The van der Waals surface area contributed by atoms with E-state index in [1.165, 1.54) is 23.0 Å². The Kier molecular flexibility index (Phi) is 4.02. The van der Waals surface area contributed by atoms with Crippen LogP contribution in [0.3, 0.4) is 0 Å². The van der Waals surface area contributed by atoms with Crippen LogP contribution in [-0.2, 0) is 19.5 Å². The Morgan fingerprint density at radius 1 is 1.14 bits per heavy atom. The molecule has 0 aliphatic carbocycles. The van der Waals surface area contributed by atoms with E-state index in [-0.39, 0.29) is 5.56 Å². The Labute approximate surface area is 161 Å². The van der Waals surface area contributed by atoms with Gasteiger partial charge in [-0.3, -0.25) is 9.69 Å². The molecule has 0 amide bonds. The van der Waals surface area contributed by atoms with Crippen LogP contribution in [0.25, 0.3) is 22.3 Å². The molecule has 28 heavy (non-hydrogen) atoms. The molecule has 0 saturated carbocycles. The lowest BCUT2D eigenvalue weighted by molar-refractivity contribution is 0.241. The second-order valence-electron chi connectivity index (χ2n) is 7.20. The number of rotatable bonds is 3. The SMILES string of the molecule is Cc1[nH]c2ccccc2c1CN1CCc2c(nc(-c3cncnc3)[nH]c2=O)C1. The Hall–Kier alpha value is -3.32. The van der Waals surface area contributed by atoms with Gasteiger partial charge in [-0.2, -0.15) is 0 Å². The number of benzene rings is 1. The third kappa shape index (κ3) is 2.90. The van der Waals surface area contributed by atoms with E-state index in [1.807, 2.05) is 6.07 Å². The van der Waals surface area contributed by atoms with Gasteiger partial charge in [0.15, 0.2) is 0 Å². The number of nitrogens with zero attached hydrogens (tertiary/aromatic N) is 4. The first-order valence-electron chi connectivity index (χ1n) is 9.35. The van der Waals surface area contributed by atoms with Crippen molar-refractivity contribution < 1.29 is 0 Å². The molecule has 7 nitrogen and oxygen atoms in total. The van der Waals surface area contributed by atoms with Crippen molar-refractivity contribution in [3.05, 3.63) is 75.9 Å². The summed E-state index contributed by atoms with van der Waals surface area (Å²) in [5.74, 6) is 0.523. The fourth-order valence-electron chi connectivity index (χ4n) is 3.95. The molecule has 0 bridgehead atoms. The van der Waals surface area contributed by atoms with Crippen LogP contribution in [0.4, 0.5) is 0 Å². The van der Waals surface area contributed by atoms with Crippen molar-refractivity contribution in [3.8, 4) is 11.4 Å². The van der Waals surface area contributed by atoms with Crippen LogP contribution in [0.2, 0.25) is 0 Å². The van der Waals surface area contributed by atoms with E-state index in [4.69, 9.17) is 4.98 Å². The van der Waals surface area contributed by atoms with E-state index < -0.39 is 0 Å². The van der Waals surface area contributed by atoms with Gasteiger partial charge in [-0.15, -0.1) is 0 Å². The summed E-state index contributed by atoms with van der Waals surface area (Å²) < 4.78 is 0. The number of aromatic nitrogens is 5. The number of hydrogen-bond donors (Lipinski definition) is 2. The molecule has 0 fully saturated rings. The molecule has 0 unspecified atom stereocenters. The van der Waals surface area contributed by atoms with Crippen LogP contribution < -0.4 is 5.56 Å². The molecular formula is C21H20N6O. The lowest BCUT2D eigenvalue weighted by Gasteiger charge is -2.27. The van der Waals surface area contributed by atoms with Gasteiger partial charge in [-0.05, 0) is 25.0 Å². The lowest BCUT2D eigenvalue weighted by atomic mass is 10.0. The monoisotopic (exact) mass is 372 g/mol. The topological polar surface area (TPSA) is 90.6 Å². The molecule has 7 heteroatoms. The molecular weight excluding hydrogens is 352 g/mol. The van der Waals surface area contributed by atoms with Gasteiger partial charge in [0.1, 0.15) is 12.2 Å². The summed E-state index contributed by atoms with van der Waals surface area (Å²) >= 11 is 0. The zero-order valence-corrected chi connectivity index (χ0v) is 15.6. The van der Waals surface area contributed by atoms with Gasteiger partial charge < -0.3 is 9.97 Å². The molecule has 5 rings (SSSR count). The normalized spacial score (nSPS) is 14.3. The summed E-state index contributed by atoms with van der Waals surface area (Å²) in [6.45, 7) is 4.43. The summed E-state index contributed by atoms with van der Waals surface area (Å²) in [4.78, 5) is 34.0. The molecule has 2 N–H and O–H groups in total. The second kappa shape index (κ2) is 6.69. The average molecular weight is 372 g/mol. The van der Waals surface area contributed by atoms with Crippen molar-refractivity contribution in [3.63, 3.8) is 0 Å². The van der Waals surface area contributed by atoms with Crippen molar-refractivity contribution in [1.29, 1.82) is 0 Å². The standard InChI is InChI=1S/C21H20N6O/c1-13-17(15-4-2-3-5-18(15)24-13)10-27-7-6-16-19(11-27)25-20(26-21(16)28)14-8-22-12-23-9-14/h2-5,8-9,12,24H,6-7,10-11H2,1H3,(H,25,26,28). The van der Waals surface area contributed by atoms with Gasteiger partial charge in [0.25, 0.3) is 5.56 Å². The molecule has 1 aliphatic rings. The van der Waals surface area contributed by atoms with Crippen LogP contribution in [0.15, 0.2) is 47.8 Å². The van der Waals surface area contributed by atoms with E-state index in [1.54, 1.807) is 12.4 Å². The molecule has 4 aromatic rings. The van der Waals surface area contributed by atoms with E-state index in [9.17, 15) is 4.79 Å². The van der Waals surface area contributed by atoms with Crippen LogP contribution in [0, 0.1) is 6.92 Å². The minimum atomic E-state index is -0.0632. The van der Waals surface area contributed by atoms with Crippen molar-refractivity contribution in [2.75, 3.05) is 6.54 Å². The van der Waals surface area contributed by atoms with Crippen LogP contribution >= 0.6 is 0 Å². The summed E-state index contributed by atoms with van der Waals surface area (Å²) in [5.41, 5.74) is 5.93. The van der Waals surface area contributed by atoms with Gasteiger partial charge >= 0.3 is 0 Å². The quantitative estimate of drug-likeness (QED) is 0.577. The Balaban J connectivity index is 1.47. The number of H-pyrrole nitrogens is 2. The maximum Gasteiger partial charge on any atom is 0.254 e. The van der Waals surface area contributed by atoms with Crippen molar-refractivity contribution in [2.45, 2.75) is 26.4 Å². The Morgan fingerprint density at radius 3 is 2.82 bits per heavy atom. The first-order chi connectivity index (χ1) is 13.7. The number of aromatic amines is 2. The first kappa shape index (κ1) is 16.8. The third-order valence-corrected chi connectivity index (χ3v) is 5.40. The van der Waals surface area contributed by atoms with E-state index in [0.717, 1.165) is 29.9 Å². The summed E-state index contributed by atoms with van der Waals surface area (Å²) in [6, 6.07) is 8.37. The number of hydrogen-bond acceptors (Lipinski definition) is 5. The number of fused-ring (bicyclic) bond motifs is 2. The highest BCUT2D eigenvalue weighted by molar-refractivity contribution is 5.84. The first-order valence-corrected chi connectivity index (χ1v) is 9.35. The van der Waals surface area contributed by atoms with Crippen molar-refractivity contribution in [2.24, 2.45) is 0 Å². The molecule has 0 atom stereocenters. The molecule has 4 heterocycles. The third-order valence-electron chi connectivity index (χ3n) is 5.40. The maximum absolute atomic E-state index is 12.6. The van der Waals surface area contributed by atoms with Crippen molar-refractivity contribution >= 4 is 10.9 Å². The Morgan fingerprint density at radius 2 is 1.96 bits per heavy atom. The highest BCUT2D eigenvalue weighted by Gasteiger charge is 2.23. The van der Waals surface area contributed by atoms with Gasteiger partial charge in [0.05, 0.1) is 11.3 Å². The van der Waals surface area contributed by atoms with Gasteiger partial charge in [0, 0.05) is 54.2 Å². The van der Waals surface area contributed by atoms with Crippen LogP contribution in [0.5, 0.6) is 0 Å². The molecule has 0 radical (unpaired) electrons. The Bertz CT molecular complexity index is 1210. The van der Waals surface area contributed by atoms with Crippen LogP contribution in [0.1, 0.15) is 22.5 Å². The predicted molar refractivity (Wildman–Crippen MR) is 107 cm³/mol. The molecule has 3 aromatic heterocycles. The fourth-order valence-corrected chi connectivity index (χ4v) is 3.95. The lowest BCUT2D eigenvalue weighted by Crippen LogP contribution is -2.35. The fraction of sp³-hybridized carbons (Fsp3) is 0.238. The molecule has 0 spiro atoms. The largest absolute Gasteiger partial charge is 0.358 e. The summed E-state index contributed by atoms with van der Waals surface area (Å²) in [5, 5.41) is 1.26.